The minimum atomic E-state index is -3.67. The number of hydrogen-bond acceptors (Lipinski definition) is 10. The quantitative estimate of drug-likeness (QED) is 0.290. The van der Waals surface area contributed by atoms with Crippen molar-refractivity contribution in [3.63, 3.8) is 0 Å². The van der Waals surface area contributed by atoms with Crippen LogP contribution in [0.2, 0.25) is 10.0 Å². The van der Waals surface area contributed by atoms with Crippen LogP contribution in [0, 0.1) is 0 Å². The number of benzene rings is 1. The molecule has 1 aromatic carbocycles. The largest absolute Gasteiger partial charge is 0.336 e. The van der Waals surface area contributed by atoms with E-state index in [0.29, 0.717) is 29.0 Å². The number of hydrogen-bond donors (Lipinski definition) is 3. The Morgan fingerprint density at radius 1 is 1.07 bits per heavy atom. The van der Waals surface area contributed by atoms with Gasteiger partial charge in [0, 0.05) is 31.0 Å². The predicted octanol–water partition coefficient (Wildman–Crippen LogP) is 4.81. The van der Waals surface area contributed by atoms with Gasteiger partial charge in [0.1, 0.15) is 5.02 Å². The molecule has 1 aliphatic rings. The van der Waals surface area contributed by atoms with E-state index in [2.05, 4.69) is 54.8 Å². The number of aromatic nitrogens is 3. The van der Waals surface area contributed by atoms with Crippen LogP contribution in [0.5, 0.6) is 0 Å². The fourth-order valence-electron chi connectivity index (χ4n) is 4.40. The first-order valence-electron chi connectivity index (χ1n) is 13.2. The number of likely N-dealkylation sites (tertiary alicyclic amines) is 1. The van der Waals surface area contributed by atoms with E-state index in [4.69, 9.17) is 23.2 Å². The molecule has 3 heterocycles. The highest BCUT2D eigenvalue weighted by Crippen LogP contribution is 2.31. The van der Waals surface area contributed by atoms with E-state index < -0.39 is 15.1 Å². The van der Waals surface area contributed by atoms with Crippen LogP contribution in [0.3, 0.4) is 0 Å². The van der Waals surface area contributed by atoms with Crippen LogP contribution >= 0.6 is 23.2 Å². The monoisotopic (exact) mass is 620 g/mol. The molecule has 1 saturated heterocycles. The van der Waals surface area contributed by atoms with Crippen molar-refractivity contribution in [1.82, 2.24) is 24.8 Å². The second-order valence-electron chi connectivity index (χ2n) is 10.3. The number of carbonyl (C=O) groups excluding carboxylic acids is 1. The zero-order chi connectivity index (χ0) is 29.7. The Morgan fingerprint density at radius 3 is 2.49 bits per heavy atom. The molecule has 3 N–H and O–H groups in total. The molecule has 11 nitrogen and oxygen atoms in total. The minimum Gasteiger partial charge on any atom is -0.336 e. The van der Waals surface area contributed by atoms with E-state index in [1.54, 1.807) is 44.2 Å². The number of anilines is 5. The van der Waals surface area contributed by atoms with E-state index in [9.17, 15) is 13.2 Å². The normalized spacial score (nSPS) is 14.8. The molecule has 0 atom stereocenters. The van der Waals surface area contributed by atoms with E-state index in [1.807, 2.05) is 0 Å². The minimum absolute atomic E-state index is 0.104. The van der Waals surface area contributed by atoms with Gasteiger partial charge < -0.3 is 20.9 Å². The summed E-state index contributed by atoms with van der Waals surface area (Å²) in [5.41, 5.74) is 1.27. The van der Waals surface area contributed by atoms with E-state index >= 15 is 0 Å². The first-order chi connectivity index (χ1) is 19.4. The molecule has 1 fully saturated rings. The summed E-state index contributed by atoms with van der Waals surface area (Å²) in [4.78, 5) is 29.8. The molecule has 4 rings (SSSR count). The molecule has 0 aliphatic carbocycles. The number of halogens is 2. The Morgan fingerprint density at radius 2 is 1.80 bits per heavy atom. The molecule has 41 heavy (non-hydrogen) atoms. The van der Waals surface area contributed by atoms with Gasteiger partial charge in [0.15, 0.2) is 20.7 Å². The Kier molecular flexibility index (Phi) is 10.0. The van der Waals surface area contributed by atoms with Crippen molar-refractivity contribution >= 4 is 67.8 Å². The Bertz CT molecular complexity index is 1500. The number of piperidine rings is 1. The molecular weight excluding hydrogens is 587 g/mol. The highest BCUT2D eigenvalue weighted by atomic mass is 35.5. The van der Waals surface area contributed by atoms with Crippen molar-refractivity contribution in [2.75, 3.05) is 49.7 Å². The summed E-state index contributed by atoms with van der Waals surface area (Å²) in [5.74, 6) is 0.221. The molecule has 3 aromatic rings. The fourth-order valence-corrected chi connectivity index (χ4v) is 5.78. The third kappa shape index (κ3) is 7.83. The lowest BCUT2D eigenvalue weighted by molar-refractivity contribution is -0.117. The predicted molar refractivity (Wildman–Crippen MR) is 163 cm³/mol. The Balaban J connectivity index is 1.46. The number of rotatable bonds is 10. The zero-order valence-corrected chi connectivity index (χ0v) is 25.7. The fraction of sp³-hybridized carbons (Fsp3) is 0.407. The van der Waals surface area contributed by atoms with Gasteiger partial charge in [-0.1, -0.05) is 23.2 Å². The average Bonchev–Trinajstić information content (AvgIpc) is 2.92. The first kappa shape index (κ1) is 30.9. The molecule has 0 bridgehead atoms. The summed E-state index contributed by atoms with van der Waals surface area (Å²) in [6.45, 7) is 5.23. The van der Waals surface area contributed by atoms with Gasteiger partial charge in [0.25, 0.3) is 0 Å². The Hall–Kier alpha value is -3.03. The molecule has 0 spiro atoms. The molecule has 0 radical (unpaired) electrons. The van der Waals surface area contributed by atoms with Gasteiger partial charge in [-0.3, -0.25) is 9.69 Å². The van der Waals surface area contributed by atoms with Gasteiger partial charge in [-0.25, -0.2) is 18.4 Å². The molecule has 2 aromatic heterocycles. The lowest BCUT2D eigenvalue weighted by atomic mass is 10.0. The van der Waals surface area contributed by atoms with E-state index in [0.717, 1.165) is 25.9 Å². The maximum atomic E-state index is 12.8. The van der Waals surface area contributed by atoms with E-state index in [-0.39, 0.29) is 33.4 Å². The van der Waals surface area contributed by atoms with Crippen molar-refractivity contribution in [2.45, 2.75) is 43.0 Å². The molecule has 0 saturated carbocycles. The maximum Gasteiger partial charge on any atom is 0.238 e. The smallest absolute Gasteiger partial charge is 0.238 e. The molecule has 1 amide bonds. The molecule has 0 unspecified atom stereocenters. The number of pyridine rings is 1. The number of carbonyl (C=O) groups is 1. The Labute approximate surface area is 250 Å². The average molecular weight is 622 g/mol. The standard InChI is InChI=1S/C27H34Cl2N8O3S/c1-17(2)41(39,40)26-22(6-5-11-30-26)33-25-21(29)15-31-27(35-25)34-23-14-18(7-8-20(23)28)32-24(38)16-37-12-9-19(10-13-37)36(3)4/h5-8,11,14-15,17,19H,9-10,12-13,16H2,1-4H3,(H,32,38)(H2,31,33,34,35). The second-order valence-corrected chi connectivity index (χ2v) is 13.5. The van der Waals surface area contributed by atoms with Crippen LogP contribution in [-0.4, -0.2) is 84.1 Å². The first-order valence-corrected chi connectivity index (χ1v) is 15.5. The van der Waals surface area contributed by atoms with Gasteiger partial charge in [-0.05, 0) is 71.1 Å². The van der Waals surface area contributed by atoms with Gasteiger partial charge in [-0.15, -0.1) is 0 Å². The zero-order valence-electron chi connectivity index (χ0n) is 23.4. The van der Waals surface area contributed by atoms with Gasteiger partial charge in [-0.2, -0.15) is 4.98 Å². The molecule has 1 aliphatic heterocycles. The number of nitrogens with zero attached hydrogens (tertiary/aromatic N) is 5. The third-order valence-electron chi connectivity index (χ3n) is 6.81. The van der Waals surface area contributed by atoms with Crippen molar-refractivity contribution in [3.8, 4) is 0 Å². The molecule has 220 valence electrons. The second kappa shape index (κ2) is 13.3. The molecular formula is C27H34Cl2N8O3S. The third-order valence-corrected chi connectivity index (χ3v) is 9.52. The number of nitrogens with one attached hydrogen (secondary N) is 3. The summed E-state index contributed by atoms with van der Waals surface area (Å²) in [6.07, 6.45) is 4.85. The van der Waals surface area contributed by atoms with Crippen molar-refractivity contribution < 1.29 is 13.2 Å². The van der Waals surface area contributed by atoms with Gasteiger partial charge in [0.2, 0.25) is 11.9 Å². The van der Waals surface area contributed by atoms with Crippen LogP contribution in [0.25, 0.3) is 0 Å². The van der Waals surface area contributed by atoms with Crippen molar-refractivity contribution in [2.24, 2.45) is 0 Å². The summed E-state index contributed by atoms with van der Waals surface area (Å²) in [7, 11) is 0.504. The van der Waals surface area contributed by atoms with Gasteiger partial charge >= 0.3 is 0 Å². The maximum absolute atomic E-state index is 12.8. The molecule has 14 heteroatoms. The lowest BCUT2D eigenvalue weighted by Crippen LogP contribution is -2.44. The summed E-state index contributed by atoms with van der Waals surface area (Å²) < 4.78 is 25.6. The van der Waals surface area contributed by atoms with Crippen LogP contribution in [0.1, 0.15) is 26.7 Å². The number of amides is 1. The number of sulfone groups is 1. The SMILES string of the molecule is CC(C)S(=O)(=O)c1ncccc1Nc1nc(Nc2cc(NC(=O)CN3CCC(N(C)C)CC3)ccc2Cl)ncc1Cl. The van der Waals surface area contributed by atoms with Crippen LogP contribution < -0.4 is 16.0 Å². The van der Waals surface area contributed by atoms with Crippen LogP contribution in [0.4, 0.5) is 28.8 Å². The van der Waals surface area contributed by atoms with Crippen molar-refractivity contribution in [1.29, 1.82) is 0 Å². The van der Waals surface area contributed by atoms with E-state index in [1.165, 1.54) is 12.4 Å². The van der Waals surface area contributed by atoms with Gasteiger partial charge in [0.05, 0.1) is 34.4 Å². The lowest BCUT2D eigenvalue weighted by Gasteiger charge is -2.34. The van der Waals surface area contributed by atoms with Crippen molar-refractivity contribution in [3.05, 3.63) is 52.8 Å². The summed E-state index contributed by atoms with van der Waals surface area (Å²) in [6, 6.07) is 8.82. The van der Waals surface area contributed by atoms with Crippen LogP contribution in [0.15, 0.2) is 47.8 Å². The summed E-state index contributed by atoms with van der Waals surface area (Å²) >= 11 is 12.7. The van der Waals surface area contributed by atoms with Crippen LogP contribution in [-0.2, 0) is 14.6 Å². The topological polar surface area (TPSA) is 132 Å². The highest BCUT2D eigenvalue weighted by Gasteiger charge is 2.25. The summed E-state index contributed by atoms with van der Waals surface area (Å²) in [5, 5.41) is 8.74. The highest BCUT2D eigenvalue weighted by molar-refractivity contribution is 7.92.